The van der Waals surface area contributed by atoms with Crippen LogP contribution < -0.4 is 5.32 Å². The van der Waals surface area contributed by atoms with E-state index in [1.165, 1.54) is 11.8 Å². The number of fused-ring (bicyclic) bond motifs is 1. The number of halogens is 3. The predicted molar refractivity (Wildman–Crippen MR) is 113 cm³/mol. The molecule has 2 aliphatic heterocycles. The molecule has 18 heteroatoms. The lowest BCUT2D eigenvalue weighted by atomic mass is 10.0. The summed E-state index contributed by atoms with van der Waals surface area (Å²) in [4.78, 5) is 49.6. The molecule has 1 aromatic heterocycles. The van der Waals surface area contributed by atoms with Gasteiger partial charge in [-0.3, -0.25) is 19.3 Å². The Morgan fingerprint density at radius 3 is 2.71 bits per heavy atom. The first-order valence-corrected chi connectivity index (χ1v) is 12.3. The number of nitrogens with one attached hydrogen (secondary N) is 2. The Morgan fingerprint density at radius 2 is 2.09 bits per heavy atom. The quantitative estimate of drug-likeness (QED) is 0.195. The molecule has 3 rings (SSSR count). The second kappa shape index (κ2) is 10.9. The molecule has 186 valence electrons. The van der Waals surface area contributed by atoms with Gasteiger partial charge in [-0.25, -0.2) is 4.79 Å². The van der Waals surface area contributed by atoms with E-state index >= 15 is 0 Å². The van der Waals surface area contributed by atoms with E-state index in [1.807, 2.05) is 0 Å². The lowest BCUT2D eigenvalue weighted by Crippen LogP contribution is -2.71. The topological polar surface area (TPSA) is 156 Å². The molecule has 12 nitrogen and oxygen atoms in total. The molecule has 34 heavy (non-hydrogen) atoms. The highest BCUT2D eigenvalue weighted by Gasteiger charge is 2.55. The molecule has 3 heterocycles. The van der Waals surface area contributed by atoms with E-state index < -0.39 is 70.2 Å². The minimum atomic E-state index is -4.59. The molecular weight excluding hydrogens is 525 g/mol. The number of nitrogens with zero attached hydrogens (tertiary/aromatic N) is 4. The summed E-state index contributed by atoms with van der Waals surface area (Å²) in [6.45, 7) is 2.19. The molecule has 0 bridgehead atoms. The fourth-order valence-corrected chi connectivity index (χ4v) is 5.76. The summed E-state index contributed by atoms with van der Waals surface area (Å²) in [7, 11) is 0. The molecule has 0 aromatic carbocycles. The number of aromatic amines is 1. The van der Waals surface area contributed by atoms with Gasteiger partial charge in [0.1, 0.15) is 17.1 Å². The van der Waals surface area contributed by atoms with Gasteiger partial charge in [0, 0.05) is 17.9 Å². The zero-order valence-electron chi connectivity index (χ0n) is 17.5. The first kappa shape index (κ1) is 26.1. The van der Waals surface area contributed by atoms with Crippen LogP contribution in [0.3, 0.4) is 0 Å². The molecule has 1 fully saturated rings. The maximum atomic E-state index is 12.8. The number of amides is 2. The Balaban J connectivity index is 1.77. The highest BCUT2D eigenvalue weighted by atomic mass is 32.2. The Hall–Kier alpha value is -2.47. The number of aromatic nitrogens is 4. The average Bonchev–Trinajstić information content (AvgIpc) is 3.27. The van der Waals surface area contributed by atoms with E-state index in [-0.39, 0.29) is 11.4 Å². The van der Waals surface area contributed by atoms with Crippen LogP contribution in [0.2, 0.25) is 0 Å². The maximum absolute atomic E-state index is 12.8. The number of H-pyrrole nitrogens is 1. The molecule has 1 aromatic rings. The standard InChI is InChI=1S/C16H17F3N6O6S3/c1-6(34-15-21-23-24-22-15)8-3-32-13-10(20-9(27)4-33-16(17,18)19)12(28)25(13)11(8)14(29)31-5-30-7(2)26/h6,10,13H,3-5H2,1-2H3,(H,20,27)(H,21,22,23,24)/t6?,10?,13-/m1/s1. The molecule has 1 saturated heterocycles. The van der Waals surface area contributed by atoms with Crippen molar-refractivity contribution in [1.29, 1.82) is 0 Å². The van der Waals surface area contributed by atoms with Crippen LogP contribution >= 0.6 is 35.3 Å². The normalized spacial score (nSPS) is 20.9. The van der Waals surface area contributed by atoms with Crippen LogP contribution in [0, 0.1) is 0 Å². The maximum Gasteiger partial charge on any atom is 0.442 e. The van der Waals surface area contributed by atoms with Gasteiger partial charge in [-0.15, -0.1) is 22.0 Å². The minimum Gasteiger partial charge on any atom is -0.428 e. The van der Waals surface area contributed by atoms with Crippen molar-refractivity contribution < 1.29 is 41.8 Å². The number of β-lactam (4-membered cyclic amide) rings is 1. The molecule has 0 spiro atoms. The van der Waals surface area contributed by atoms with Crippen LogP contribution in [0.1, 0.15) is 13.8 Å². The molecular formula is C16H17F3N6O6S3. The Kier molecular flexibility index (Phi) is 8.34. The Bertz CT molecular complexity index is 992. The smallest absolute Gasteiger partial charge is 0.428 e. The Labute approximate surface area is 202 Å². The van der Waals surface area contributed by atoms with Crippen LogP contribution in [-0.2, 0) is 28.7 Å². The van der Waals surface area contributed by atoms with Crippen LogP contribution in [0.25, 0.3) is 0 Å². The zero-order valence-corrected chi connectivity index (χ0v) is 19.9. The number of esters is 2. The van der Waals surface area contributed by atoms with Gasteiger partial charge >= 0.3 is 17.4 Å². The molecule has 2 amide bonds. The third-order valence-electron chi connectivity index (χ3n) is 4.43. The van der Waals surface area contributed by atoms with Gasteiger partial charge in [0.2, 0.25) is 17.9 Å². The van der Waals surface area contributed by atoms with Crippen LogP contribution in [0.5, 0.6) is 0 Å². The number of thioether (sulfide) groups is 3. The van der Waals surface area contributed by atoms with Gasteiger partial charge in [0.05, 0.1) is 5.75 Å². The number of alkyl halides is 3. The van der Waals surface area contributed by atoms with E-state index in [0.29, 0.717) is 10.7 Å². The summed E-state index contributed by atoms with van der Waals surface area (Å²) in [5.41, 5.74) is -4.19. The predicted octanol–water partition coefficient (Wildman–Crippen LogP) is 0.651. The number of tetrazole rings is 1. The van der Waals surface area contributed by atoms with Crippen molar-refractivity contribution in [2.75, 3.05) is 18.3 Å². The lowest BCUT2D eigenvalue weighted by Gasteiger charge is -2.50. The first-order valence-electron chi connectivity index (χ1n) is 9.36. The van der Waals surface area contributed by atoms with E-state index in [9.17, 15) is 32.3 Å². The second-order valence-electron chi connectivity index (χ2n) is 6.70. The summed E-state index contributed by atoms with van der Waals surface area (Å²) in [5, 5.41) is 14.9. The SMILES string of the molecule is CC(=O)OCOC(=O)C1=C(C(C)Sc2nn[nH]n2)CS[C@@H]2C(NC(=O)CSC(F)(F)F)C(=O)N12. The van der Waals surface area contributed by atoms with Crippen LogP contribution in [0.15, 0.2) is 16.4 Å². The van der Waals surface area contributed by atoms with Crippen molar-refractivity contribution in [2.24, 2.45) is 0 Å². The number of hydrogen-bond acceptors (Lipinski definition) is 12. The number of ether oxygens (including phenoxy) is 2. The summed E-state index contributed by atoms with van der Waals surface area (Å²) in [5.74, 6) is -3.93. The summed E-state index contributed by atoms with van der Waals surface area (Å²) >= 11 is 1.86. The Morgan fingerprint density at radius 1 is 1.35 bits per heavy atom. The summed E-state index contributed by atoms with van der Waals surface area (Å²) in [6.07, 6.45) is 0. The van der Waals surface area contributed by atoms with Crippen LogP contribution in [0.4, 0.5) is 13.2 Å². The van der Waals surface area contributed by atoms with Gasteiger partial charge in [-0.05, 0) is 29.5 Å². The fourth-order valence-electron chi connectivity index (χ4n) is 2.97. The summed E-state index contributed by atoms with van der Waals surface area (Å²) in [6, 6.07) is -1.11. The summed E-state index contributed by atoms with van der Waals surface area (Å²) < 4.78 is 46.6. The van der Waals surface area contributed by atoms with Gasteiger partial charge in [0.25, 0.3) is 5.91 Å². The monoisotopic (exact) mass is 542 g/mol. The highest BCUT2D eigenvalue weighted by molar-refractivity contribution is 8.01. The fraction of sp³-hybridized carbons (Fsp3) is 0.562. The minimum absolute atomic E-state index is 0.0976. The van der Waals surface area contributed by atoms with Crippen molar-refractivity contribution in [3.05, 3.63) is 11.3 Å². The number of carbonyl (C=O) groups excluding carboxylic acids is 4. The van der Waals surface area contributed by atoms with E-state index in [0.717, 1.165) is 23.6 Å². The van der Waals surface area contributed by atoms with Gasteiger partial charge in [-0.2, -0.15) is 18.4 Å². The number of carbonyl (C=O) groups is 4. The van der Waals surface area contributed by atoms with E-state index in [4.69, 9.17) is 4.74 Å². The third kappa shape index (κ3) is 6.35. The molecule has 2 N–H and O–H groups in total. The molecule has 2 unspecified atom stereocenters. The van der Waals surface area contributed by atoms with Crippen molar-refractivity contribution in [1.82, 2.24) is 30.8 Å². The van der Waals surface area contributed by atoms with Crippen LogP contribution in [-0.4, -0.2) is 89.7 Å². The molecule has 0 saturated carbocycles. The number of rotatable bonds is 9. The van der Waals surface area contributed by atoms with Gasteiger partial charge in [-0.1, -0.05) is 11.8 Å². The van der Waals surface area contributed by atoms with E-state index in [2.05, 4.69) is 30.7 Å². The molecule has 3 atom stereocenters. The molecule has 0 radical (unpaired) electrons. The molecule has 0 aliphatic carbocycles. The second-order valence-corrected chi connectivity index (χ2v) is 10.2. The van der Waals surface area contributed by atoms with Gasteiger partial charge < -0.3 is 14.8 Å². The van der Waals surface area contributed by atoms with Gasteiger partial charge in [0.15, 0.2) is 0 Å². The van der Waals surface area contributed by atoms with Crippen molar-refractivity contribution >= 4 is 59.0 Å². The van der Waals surface area contributed by atoms with E-state index in [1.54, 1.807) is 6.92 Å². The lowest BCUT2D eigenvalue weighted by molar-refractivity contribution is -0.166. The third-order valence-corrected chi connectivity index (χ3v) is 7.48. The highest BCUT2D eigenvalue weighted by Crippen LogP contribution is 2.43. The number of hydrogen-bond donors (Lipinski definition) is 2. The van der Waals surface area contributed by atoms with Crippen molar-refractivity contribution in [2.45, 2.75) is 41.2 Å². The van der Waals surface area contributed by atoms with Crippen molar-refractivity contribution in [3.8, 4) is 0 Å². The average molecular weight is 543 g/mol. The first-order chi connectivity index (χ1) is 16.0. The molecule has 2 aliphatic rings. The zero-order chi connectivity index (χ0) is 25.0. The van der Waals surface area contributed by atoms with Crippen molar-refractivity contribution in [3.63, 3.8) is 0 Å². The largest absolute Gasteiger partial charge is 0.442 e.